The molecule has 1 fully saturated rings. The van der Waals surface area contributed by atoms with Crippen molar-refractivity contribution in [3.63, 3.8) is 0 Å². The summed E-state index contributed by atoms with van der Waals surface area (Å²) in [6.07, 6.45) is 2.80. The highest BCUT2D eigenvalue weighted by Crippen LogP contribution is 2.34. The Labute approximate surface area is 115 Å². The van der Waals surface area contributed by atoms with Crippen LogP contribution < -0.4 is 5.32 Å². The van der Waals surface area contributed by atoms with E-state index in [4.69, 9.17) is 4.74 Å². The molecular formula is C16H24FNO. The van der Waals surface area contributed by atoms with E-state index in [0.29, 0.717) is 6.04 Å². The second-order valence-corrected chi connectivity index (χ2v) is 5.92. The number of nitrogens with one attached hydrogen (secondary N) is 1. The van der Waals surface area contributed by atoms with Crippen molar-refractivity contribution in [2.45, 2.75) is 39.2 Å². The minimum atomic E-state index is -0.0853. The number of halogens is 1. The zero-order chi connectivity index (χ0) is 13.7. The van der Waals surface area contributed by atoms with Gasteiger partial charge in [-0.1, -0.05) is 32.0 Å². The monoisotopic (exact) mass is 265 g/mol. The van der Waals surface area contributed by atoms with E-state index in [9.17, 15) is 4.39 Å². The van der Waals surface area contributed by atoms with Crippen LogP contribution in [0, 0.1) is 11.2 Å². The van der Waals surface area contributed by atoms with Gasteiger partial charge in [0.15, 0.2) is 0 Å². The Morgan fingerprint density at radius 3 is 2.58 bits per heavy atom. The van der Waals surface area contributed by atoms with E-state index in [1.807, 2.05) is 12.1 Å². The number of hydrogen-bond acceptors (Lipinski definition) is 2. The molecule has 0 unspecified atom stereocenters. The summed E-state index contributed by atoms with van der Waals surface area (Å²) >= 11 is 0. The van der Waals surface area contributed by atoms with Gasteiger partial charge < -0.3 is 10.1 Å². The van der Waals surface area contributed by atoms with Crippen LogP contribution in [0.15, 0.2) is 24.3 Å². The zero-order valence-electron chi connectivity index (χ0n) is 11.9. The molecule has 106 valence electrons. The van der Waals surface area contributed by atoms with Gasteiger partial charge in [-0.05, 0) is 36.3 Å². The fraction of sp³-hybridized carbons (Fsp3) is 0.625. The highest BCUT2D eigenvalue weighted by molar-refractivity contribution is 5.19. The average molecular weight is 265 g/mol. The van der Waals surface area contributed by atoms with Crippen LogP contribution in [0.2, 0.25) is 0 Å². The lowest BCUT2D eigenvalue weighted by Gasteiger charge is -2.38. The summed E-state index contributed by atoms with van der Waals surface area (Å²) in [6.45, 7) is 6.80. The van der Waals surface area contributed by atoms with E-state index < -0.39 is 0 Å². The molecule has 0 bridgehead atoms. The molecule has 1 aromatic rings. The Morgan fingerprint density at radius 2 is 1.95 bits per heavy atom. The maximum Gasteiger partial charge on any atom is 0.126 e. The van der Waals surface area contributed by atoms with Gasteiger partial charge in [0.25, 0.3) is 0 Å². The third-order valence-corrected chi connectivity index (χ3v) is 3.96. The van der Waals surface area contributed by atoms with Crippen LogP contribution in [0.25, 0.3) is 0 Å². The summed E-state index contributed by atoms with van der Waals surface area (Å²) in [5.41, 5.74) is 0.958. The first-order valence-corrected chi connectivity index (χ1v) is 7.16. The summed E-state index contributed by atoms with van der Waals surface area (Å²) in [5, 5.41) is 3.52. The van der Waals surface area contributed by atoms with Crippen LogP contribution in [0.3, 0.4) is 0 Å². The van der Waals surface area contributed by atoms with Gasteiger partial charge in [-0.2, -0.15) is 0 Å². The summed E-state index contributed by atoms with van der Waals surface area (Å²) in [6, 6.07) is 7.59. The molecule has 0 aliphatic carbocycles. The Hall–Kier alpha value is -0.930. The number of benzene rings is 1. The van der Waals surface area contributed by atoms with Gasteiger partial charge in [0, 0.05) is 25.8 Å². The van der Waals surface area contributed by atoms with E-state index in [2.05, 4.69) is 19.2 Å². The minimum Gasteiger partial charge on any atom is -0.381 e. The van der Waals surface area contributed by atoms with E-state index >= 15 is 0 Å². The molecule has 0 amide bonds. The standard InChI is InChI=1S/C16H24FNO/c1-13(2)18-12-16(7-9-19-10-8-16)11-14-5-3-4-6-15(14)17/h3-6,13,18H,7-12H2,1-2H3. The van der Waals surface area contributed by atoms with Gasteiger partial charge >= 0.3 is 0 Å². The van der Waals surface area contributed by atoms with Crippen LogP contribution in [0.5, 0.6) is 0 Å². The molecule has 0 saturated carbocycles. The molecule has 1 aliphatic heterocycles. The quantitative estimate of drug-likeness (QED) is 0.883. The summed E-state index contributed by atoms with van der Waals surface area (Å²) < 4.78 is 19.3. The number of ether oxygens (including phenoxy) is 1. The number of rotatable bonds is 5. The van der Waals surface area contributed by atoms with Crippen LogP contribution in [-0.4, -0.2) is 25.8 Å². The second kappa shape index (κ2) is 6.49. The summed E-state index contributed by atoms with van der Waals surface area (Å²) in [5.74, 6) is -0.0853. The molecule has 19 heavy (non-hydrogen) atoms. The minimum absolute atomic E-state index is 0.0853. The van der Waals surface area contributed by atoms with Crippen molar-refractivity contribution in [3.05, 3.63) is 35.6 Å². The summed E-state index contributed by atoms with van der Waals surface area (Å²) in [4.78, 5) is 0. The first-order chi connectivity index (χ1) is 9.11. The molecule has 1 aromatic carbocycles. The molecule has 3 heteroatoms. The lowest BCUT2D eigenvalue weighted by Crippen LogP contribution is -2.43. The molecule has 0 aromatic heterocycles. The molecule has 0 spiro atoms. The fourth-order valence-electron chi connectivity index (χ4n) is 2.69. The highest BCUT2D eigenvalue weighted by Gasteiger charge is 2.33. The van der Waals surface area contributed by atoms with Crippen molar-refractivity contribution in [2.75, 3.05) is 19.8 Å². The van der Waals surface area contributed by atoms with Crippen LogP contribution in [0.1, 0.15) is 32.3 Å². The topological polar surface area (TPSA) is 21.3 Å². The lowest BCUT2D eigenvalue weighted by molar-refractivity contribution is 0.0137. The first kappa shape index (κ1) is 14.5. The summed E-state index contributed by atoms with van der Waals surface area (Å²) in [7, 11) is 0. The van der Waals surface area contributed by atoms with Gasteiger partial charge in [-0.15, -0.1) is 0 Å². The van der Waals surface area contributed by atoms with Crippen molar-refractivity contribution < 1.29 is 9.13 Å². The Morgan fingerprint density at radius 1 is 1.26 bits per heavy atom. The van der Waals surface area contributed by atoms with E-state index in [1.54, 1.807) is 12.1 Å². The van der Waals surface area contributed by atoms with Crippen LogP contribution >= 0.6 is 0 Å². The Balaban J connectivity index is 2.11. The molecule has 1 N–H and O–H groups in total. The zero-order valence-corrected chi connectivity index (χ0v) is 11.9. The predicted molar refractivity (Wildman–Crippen MR) is 75.7 cm³/mol. The normalized spacial score (nSPS) is 18.7. The average Bonchev–Trinajstić information content (AvgIpc) is 2.41. The van der Waals surface area contributed by atoms with E-state index in [1.165, 1.54) is 0 Å². The van der Waals surface area contributed by atoms with Gasteiger partial charge in [0.05, 0.1) is 0 Å². The molecule has 0 atom stereocenters. The first-order valence-electron chi connectivity index (χ1n) is 7.16. The van der Waals surface area contributed by atoms with Crippen LogP contribution in [0.4, 0.5) is 4.39 Å². The third kappa shape index (κ3) is 4.02. The van der Waals surface area contributed by atoms with Crippen molar-refractivity contribution in [1.29, 1.82) is 0 Å². The maximum atomic E-state index is 13.9. The molecule has 1 aliphatic rings. The van der Waals surface area contributed by atoms with Crippen molar-refractivity contribution >= 4 is 0 Å². The van der Waals surface area contributed by atoms with Gasteiger partial charge in [-0.25, -0.2) is 4.39 Å². The fourth-order valence-corrected chi connectivity index (χ4v) is 2.69. The molecule has 1 heterocycles. The maximum absolute atomic E-state index is 13.9. The molecule has 1 saturated heterocycles. The Kier molecular flexibility index (Phi) is 4.94. The molecule has 2 rings (SSSR count). The largest absolute Gasteiger partial charge is 0.381 e. The SMILES string of the molecule is CC(C)NCC1(Cc2ccccc2F)CCOCC1. The number of hydrogen-bond donors (Lipinski definition) is 1. The van der Waals surface area contributed by atoms with Crippen molar-refractivity contribution in [2.24, 2.45) is 5.41 Å². The van der Waals surface area contributed by atoms with Gasteiger partial charge in [0.1, 0.15) is 5.82 Å². The molecule has 2 nitrogen and oxygen atoms in total. The third-order valence-electron chi connectivity index (χ3n) is 3.96. The highest BCUT2D eigenvalue weighted by atomic mass is 19.1. The Bertz CT molecular complexity index is 399. The van der Waals surface area contributed by atoms with Crippen molar-refractivity contribution in [1.82, 2.24) is 5.32 Å². The lowest BCUT2D eigenvalue weighted by atomic mass is 9.75. The van der Waals surface area contributed by atoms with Crippen molar-refractivity contribution in [3.8, 4) is 0 Å². The van der Waals surface area contributed by atoms with Gasteiger partial charge in [-0.3, -0.25) is 0 Å². The second-order valence-electron chi connectivity index (χ2n) is 5.92. The van der Waals surface area contributed by atoms with E-state index in [-0.39, 0.29) is 11.2 Å². The van der Waals surface area contributed by atoms with Crippen LogP contribution in [-0.2, 0) is 11.2 Å². The predicted octanol–water partition coefficient (Wildman–Crippen LogP) is 3.16. The smallest absolute Gasteiger partial charge is 0.126 e. The van der Waals surface area contributed by atoms with Gasteiger partial charge in [0.2, 0.25) is 0 Å². The molecule has 0 radical (unpaired) electrons. The molecular weight excluding hydrogens is 241 g/mol. The van der Waals surface area contributed by atoms with E-state index in [0.717, 1.165) is 44.6 Å².